The molecule has 1 aromatic heterocycles. The summed E-state index contributed by atoms with van der Waals surface area (Å²) in [5.74, 6) is 1.74. The number of ether oxygens (including phenoxy) is 3. The maximum absolute atomic E-state index is 13.0. The predicted octanol–water partition coefficient (Wildman–Crippen LogP) is 6.95. The van der Waals surface area contributed by atoms with Gasteiger partial charge in [0, 0.05) is 62.0 Å². The van der Waals surface area contributed by atoms with E-state index in [1.54, 1.807) is 4.90 Å². The van der Waals surface area contributed by atoms with Crippen molar-refractivity contribution in [2.24, 2.45) is 0 Å². The maximum Gasteiger partial charge on any atom is 0.410 e. The Labute approximate surface area is 306 Å². The zero-order chi connectivity index (χ0) is 35.9. The van der Waals surface area contributed by atoms with Crippen molar-refractivity contribution >= 4 is 28.4 Å². The first-order valence-corrected chi connectivity index (χ1v) is 18.3. The lowest BCUT2D eigenvalue weighted by Crippen LogP contribution is -2.49. The highest BCUT2D eigenvalue weighted by Crippen LogP contribution is 2.37. The van der Waals surface area contributed by atoms with Crippen LogP contribution in [0.1, 0.15) is 36.2 Å². The minimum atomic E-state index is -0.288. The van der Waals surface area contributed by atoms with Crippen LogP contribution in [0.15, 0.2) is 97.1 Å². The summed E-state index contributed by atoms with van der Waals surface area (Å²) in [6.07, 6.45) is 0.403. The van der Waals surface area contributed by atoms with Crippen LogP contribution in [0.25, 0.3) is 10.8 Å². The molecule has 270 valence electrons. The average molecular weight is 701 g/mol. The van der Waals surface area contributed by atoms with Gasteiger partial charge >= 0.3 is 12.1 Å². The number of piperazine rings is 1. The van der Waals surface area contributed by atoms with Gasteiger partial charge in [-0.25, -0.2) is 4.79 Å². The number of likely N-dealkylation sites (N-methyl/N-ethyl adjacent to an activating group) is 1. The molecule has 1 saturated heterocycles. The van der Waals surface area contributed by atoms with E-state index in [-0.39, 0.29) is 18.8 Å². The van der Waals surface area contributed by atoms with Crippen molar-refractivity contribution in [1.82, 2.24) is 19.8 Å². The standard InChI is InChI=1S/C42H48N6O4/c1-4-45(3)27-31(2)52-41-43-38-28-48(39-26-35(25-34-17-11-12-18-36(34)39)50-29-32-13-7-5-8-14-32)20-19-37(38)40(44-41)46-21-23-47(24-22-46)42(49)51-30-33-15-9-6-10-16-33/h5-18,25-26,31H,4,19-24,27-30H2,1-3H3. The summed E-state index contributed by atoms with van der Waals surface area (Å²) < 4.78 is 18.4. The van der Waals surface area contributed by atoms with E-state index in [1.807, 2.05) is 48.5 Å². The monoisotopic (exact) mass is 700 g/mol. The molecule has 10 nitrogen and oxygen atoms in total. The summed E-state index contributed by atoms with van der Waals surface area (Å²) in [5, 5.41) is 2.31. The number of benzene rings is 4. The van der Waals surface area contributed by atoms with Gasteiger partial charge in [0.25, 0.3) is 0 Å². The van der Waals surface area contributed by atoms with Gasteiger partial charge in [-0.2, -0.15) is 9.97 Å². The van der Waals surface area contributed by atoms with Gasteiger partial charge in [0.2, 0.25) is 0 Å². The lowest BCUT2D eigenvalue weighted by atomic mass is 10.0. The molecular formula is C42H48N6O4. The van der Waals surface area contributed by atoms with Crippen LogP contribution < -0.4 is 19.3 Å². The SMILES string of the molecule is CCN(C)CC(C)Oc1nc2c(c(N3CCN(C(=O)OCc4ccccc4)CC3)n1)CCN(c1cc(OCc3ccccc3)cc3ccccc13)C2. The highest BCUT2D eigenvalue weighted by atomic mass is 16.6. The molecule has 0 saturated carbocycles. The molecule has 1 atom stereocenters. The van der Waals surface area contributed by atoms with E-state index in [0.717, 1.165) is 71.1 Å². The number of fused-ring (bicyclic) bond motifs is 2. The Kier molecular flexibility index (Phi) is 11.0. The molecule has 1 unspecified atom stereocenters. The van der Waals surface area contributed by atoms with Crippen molar-refractivity contribution in [1.29, 1.82) is 0 Å². The summed E-state index contributed by atoms with van der Waals surface area (Å²) in [5.41, 5.74) is 5.33. The maximum atomic E-state index is 13.0. The fraction of sp³-hybridized carbons (Fsp3) is 0.357. The molecule has 52 heavy (non-hydrogen) atoms. The number of nitrogens with zero attached hydrogens (tertiary/aromatic N) is 6. The van der Waals surface area contributed by atoms with Crippen LogP contribution in [-0.4, -0.2) is 84.8 Å². The largest absolute Gasteiger partial charge is 0.489 e. The highest BCUT2D eigenvalue weighted by Gasteiger charge is 2.30. The zero-order valence-electron chi connectivity index (χ0n) is 30.4. The molecule has 1 amide bonds. The van der Waals surface area contributed by atoms with Gasteiger partial charge in [-0.3, -0.25) is 0 Å². The molecule has 5 aromatic rings. The second kappa shape index (κ2) is 16.3. The number of amides is 1. The fourth-order valence-electron chi connectivity index (χ4n) is 6.95. The summed E-state index contributed by atoms with van der Waals surface area (Å²) >= 11 is 0. The predicted molar refractivity (Wildman–Crippen MR) is 205 cm³/mol. The number of hydrogen-bond donors (Lipinski definition) is 0. The normalized spacial score (nSPS) is 15.0. The Bertz CT molecular complexity index is 1950. The summed E-state index contributed by atoms with van der Waals surface area (Å²) in [4.78, 5) is 31.7. The molecule has 2 aliphatic rings. The number of aromatic nitrogens is 2. The van der Waals surface area contributed by atoms with E-state index in [4.69, 9.17) is 24.2 Å². The number of anilines is 2. The third kappa shape index (κ3) is 8.40. The lowest BCUT2D eigenvalue weighted by molar-refractivity contribution is 0.0940. The van der Waals surface area contributed by atoms with Crippen molar-refractivity contribution in [3.8, 4) is 11.8 Å². The van der Waals surface area contributed by atoms with Crippen LogP contribution in [0.5, 0.6) is 11.8 Å². The van der Waals surface area contributed by atoms with Crippen LogP contribution in [-0.2, 0) is 30.9 Å². The first-order valence-electron chi connectivity index (χ1n) is 18.3. The minimum absolute atomic E-state index is 0.0887. The van der Waals surface area contributed by atoms with Gasteiger partial charge in [0.1, 0.15) is 30.9 Å². The average Bonchev–Trinajstić information content (AvgIpc) is 3.19. The van der Waals surface area contributed by atoms with Crippen molar-refractivity contribution in [3.63, 3.8) is 0 Å². The van der Waals surface area contributed by atoms with E-state index in [1.165, 1.54) is 5.39 Å². The summed E-state index contributed by atoms with van der Waals surface area (Å²) in [6.45, 7) is 10.5. The van der Waals surface area contributed by atoms with Crippen molar-refractivity contribution in [2.75, 3.05) is 62.7 Å². The van der Waals surface area contributed by atoms with E-state index in [0.29, 0.717) is 45.3 Å². The number of rotatable bonds is 12. The smallest absolute Gasteiger partial charge is 0.410 e. The Balaban J connectivity index is 1.12. The fourth-order valence-corrected chi connectivity index (χ4v) is 6.95. The van der Waals surface area contributed by atoms with Gasteiger partial charge in [-0.1, -0.05) is 91.9 Å². The molecule has 10 heteroatoms. The summed E-state index contributed by atoms with van der Waals surface area (Å²) in [6, 6.07) is 33.2. The van der Waals surface area contributed by atoms with E-state index in [2.05, 4.69) is 84.1 Å². The highest BCUT2D eigenvalue weighted by molar-refractivity contribution is 5.96. The quantitative estimate of drug-likeness (QED) is 0.137. The van der Waals surface area contributed by atoms with Gasteiger partial charge in [-0.05, 0) is 49.5 Å². The molecule has 1 fully saturated rings. The first kappa shape index (κ1) is 35.1. The van der Waals surface area contributed by atoms with E-state index >= 15 is 0 Å². The van der Waals surface area contributed by atoms with Crippen LogP contribution in [0, 0.1) is 0 Å². The minimum Gasteiger partial charge on any atom is -0.489 e. The Morgan fingerprint density at radius 3 is 2.25 bits per heavy atom. The van der Waals surface area contributed by atoms with Crippen molar-refractivity contribution in [3.05, 3.63) is 119 Å². The number of carbonyl (C=O) groups excluding carboxylic acids is 1. The van der Waals surface area contributed by atoms with Crippen LogP contribution in [0.3, 0.4) is 0 Å². The van der Waals surface area contributed by atoms with Crippen molar-refractivity contribution in [2.45, 2.75) is 46.1 Å². The topological polar surface area (TPSA) is 83.5 Å². The molecule has 0 radical (unpaired) electrons. The molecule has 3 heterocycles. The van der Waals surface area contributed by atoms with Crippen LogP contribution >= 0.6 is 0 Å². The van der Waals surface area contributed by atoms with Crippen LogP contribution in [0.2, 0.25) is 0 Å². The molecule has 2 aliphatic heterocycles. The number of carbonyl (C=O) groups is 1. The van der Waals surface area contributed by atoms with E-state index in [9.17, 15) is 4.79 Å². The van der Waals surface area contributed by atoms with Crippen LogP contribution in [0.4, 0.5) is 16.3 Å². The Morgan fingerprint density at radius 2 is 1.52 bits per heavy atom. The van der Waals surface area contributed by atoms with Gasteiger partial charge in [-0.15, -0.1) is 0 Å². The molecule has 0 aliphatic carbocycles. The molecule has 0 spiro atoms. The lowest BCUT2D eigenvalue weighted by Gasteiger charge is -2.38. The van der Waals surface area contributed by atoms with E-state index < -0.39 is 0 Å². The van der Waals surface area contributed by atoms with Gasteiger partial charge in [0.15, 0.2) is 0 Å². The van der Waals surface area contributed by atoms with Crippen molar-refractivity contribution < 1.29 is 19.0 Å². The molecule has 0 bridgehead atoms. The third-order valence-corrected chi connectivity index (χ3v) is 9.88. The third-order valence-electron chi connectivity index (χ3n) is 9.88. The first-order chi connectivity index (χ1) is 25.4. The zero-order valence-corrected chi connectivity index (χ0v) is 30.4. The van der Waals surface area contributed by atoms with Gasteiger partial charge in [0.05, 0.1) is 12.2 Å². The number of hydrogen-bond acceptors (Lipinski definition) is 9. The second-order valence-electron chi connectivity index (χ2n) is 13.7. The molecule has 0 N–H and O–H groups in total. The molecule has 4 aromatic carbocycles. The van der Waals surface area contributed by atoms with Gasteiger partial charge < -0.3 is 33.8 Å². The molecular weight excluding hydrogens is 652 g/mol. The Hall–Kier alpha value is -5.35. The second-order valence-corrected chi connectivity index (χ2v) is 13.7. The Morgan fingerprint density at radius 1 is 0.827 bits per heavy atom. The summed E-state index contributed by atoms with van der Waals surface area (Å²) in [7, 11) is 2.09. The molecule has 7 rings (SSSR count).